The van der Waals surface area contributed by atoms with Gasteiger partial charge in [0.1, 0.15) is 6.54 Å². The first kappa shape index (κ1) is 19.3. The van der Waals surface area contributed by atoms with E-state index in [1.165, 1.54) is 6.92 Å². The van der Waals surface area contributed by atoms with Crippen molar-refractivity contribution in [1.29, 1.82) is 0 Å². The van der Waals surface area contributed by atoms with E-state index in [0.29, 0.717) is 6.42 Å². The van der Waals surface area contributed by atoms with Gasteiger partial charge in [-0.05, 0) is 31.7 Å². The van der Waals surface area contributed by atoms with Crippen molar-refractivity contribution in [3.05, 3.63) is 35.9 Å². The van der Waals surface area contributed by atoms with E-state index in [1.807, 2.05) is 30.3 Å². The maximum atomic E-state index is 12.8. The second-order valence-electron chi connectivity index (χ2n) is 7.72. The fourth-order valence-corrected chi connectivity index (χ4v) is 4.17. The minimum atomic E-state index is -0.670. The van der Waals surface area contributed by atoms with Gasteiger partial charge in [-0.1, -0.05) is 49.6 Å². The molecule has 0 radical (unpaired) electrons. The molecule has 1 aromatic carbocycles. The van der Waals surface area contributed by atoms with Crippen LogP contribution in [-0.2, 0) is 25.6 Å². The van der Waals surface area contributed by atoms with Gasteiger partial charge in [-0.2, -0.15) is 0 Å². The van der Waals surface area contributed by atoms with Gasteiger partial charge in [-0.3, -0.25) is 24.1 Å². The van der Waals surface area contributed by atoms with E-state index in [2.05, 4.69) is 5.32 Å². The Bertz CT molecular complexity index is 738. The first-order chi connectivity index (χ1) is 12.9. The highest BCUT2D eigenvalue weighted by atomic mass is 16.2. The van der Waals surface area contributed by atoms with Crippen LogP contribution in [0.15, 0.2) is 30.3 Å². The van der Waals surface area contributed by atoms with Gasteiger partial charge in [0.05, 0.1) is 11.5 Å². The molecule has 0 bridgehead atoms. The molecule has 1 saturated carbocycles. The standard InChI is InChI=1S/C21H26N2O4/c1-15(24)17(12-16-8-4-2-5-9-16)22-18(25)14-23-19(26)13-21(20(23)27)10-6-3-7-11-21/h2,4-5,8-9,17H,3,6-7,10-14H2,1H3,(H,22,25)/t17-/m0/s1. The van der Waals surface area contributed by atoms with Gasteiger partial charge in [0, 0.05) is 6.42 Å². The normalized spacial score (nSPS) is 20.0. The Morgan fingerprint density at radius 1 is 1.11 bits per heavy atom. The van der Waals surface area contributed by atoms with E-state index < -0.39 is 17.4 Å². The predicted molar refractivity (Wildman–Crippen MR) is 99.6 cm³/mol. The van der Waals surface area contributed by atoms with E-state index in [4.69, 9.17) is 0 Å². The summed E-state index contributed by atoms with van der Waals surface area (Å²) in [5, 5.41) is 2.69. The SMILES string of the molecule is CC(=O)[C@H](Cc1ccccc1)NC(=O)CN1C(=O)CC2(CCCCC2)C1=O. The summed E-state index contributed by atoms with van der Waals surface area (Å²) in [7, 11) is 0. The highest BCUT2D eigenvalue weighted by Crippen LogP contribution is 2.45. The van der Waals surface area contributed by atoms with Crippen LogP contribution >= 0.6 is 0 Å². The number of likely N-dealkylation sites (tertiary alicyclic amines) is 1. The van der Waals surface area contributed by atoms with E-state index in [-0.39, 0.29) is 30.6 Å². The third kappa shape index (κ3) is 4.26. The summed E-state index contributed by atoms with van der Waals surface area (Å²) in [5.74, 6) is -1.13. The molecule has 2 fully saturated rings. The Morgan fingerprint density at radius 3 is 2.41 bits per heavy atom. The van der Waals surface area contributed by atoms with Crippen LogP contribution < -0.4 is 5.32 Å². The number of benzene rings is 1. The molecule has 1 heterocycles. The zero-order chi connectivity index (χ0) is 19.4. The van der Waals surface area contributed by atoms with Crippen molar-refractivity contribution < 1.29 is 19.2 Å². The van der Waals surface area contributed by atoms with Crippen molar-refractivity contribution in [3.63, 3.8) is 0 Å². The number of ketones is 1. The Kier molecular flexibility index (Phi) is 5.73. The van der Waals surface area contributed by atoms with Gasteiger partial charge >= 0.3 is 0 Å². The van der Waals surface area contributed by atoms with Crippen LogP contribution in [0.4, 0.5) is 0 Å². The lowest BCUT2D eigenvalue weighted by atomic mass is 9.73. The highest BCUT2D eigenvalue weighted by Gasteiger charge is 2.51. The van der Waals surface area contributed by atoms with Gasteiger partial charge in [-0.15, -0.1) is 0 Å². The zero-order valence-corrected chi connectivity index (χ0v) is 15.7. The van der Waals surface area contributed by atoms with Crippen molar-refractivity contribution in [2.75, 3.05) is 6.54 Å². The molecular formula is C21H26N2O4. The van der Waals surface area contributed by atoms with Crippen molar-refractivity contribution in [2.24, 2.45) is 5.41 Å². The van der Waals surface area contributed by atoms with Crippen molar-refractivity contribution in [3.8, 4) is 0 Å². The van der Waals surface area contributed by atoms with Crippen molar-refractivity contribution >= 4 is 23.5 Å². The maximum absolute atomic E-state index is 12.8. The Morgan fingerprint density at radius 2 is 1.78 bits per heavy atom. The minimum Gasteiger partial charge on any atom is -0.344 e. The second kappa shape index (κ2) is 8.03. The number of carbonyl (C=O) groups excluding carboxylic acids is 4. The number of carbonyl (C=O) groups is 4. The number of Topliss-reactive ketones (excluding diaryl/α,β-unsaturated/α-hetero) is 1. The minimum absolute atomic E-state index is 0.157. The smallest absolute Gasteiger partial charge is 0.240 e. The molecule has 3 amide bonds. The molecule has 0 unspecified atom stereocenters. The van der Waals surface area contributed by atoms with Crippen LogP contribution in [-0.4, -0.2) is 41.0 Å². The van der Waals surface area contributed by atoms with Crippen LogP contribution in [0.1, 0.15) is 51.0 Å². The summed E-state index contributed by atoms with van der Waals surface area (Å²) < 4.78 is 0. The van der Waals surface area contributed by atoms with E-state index in [0.717, 1.165) is 42.6 Å². The summed E-state index contributed by atoms with van der Waals surface area (Å²) >= 11 is 0. The van der Waals surface area contributed by atoms with Gasteiger partial charge in [0.25, 0.3) is 0 Å². The topological polar surface area (TPSA) is 83.6 Å². The quantitative estimate of drug-likeness (QED) is 0.777. The summed E-state index contributed by atoms with van der Waals surface area (Å²) in [4.78, 5) is 50.6. The molecule has 6 nitrogen and oxygen atoms in total. The van der Waals surface area contributed by atoms with Crippen molar-refractivity contribution in [1.82, 2.24) is 10.2 Å². The van der Waals surface area contributed by atoms with E-state index in [9.17, 15) is 19.2 Å². The molecule has 1 aromatic rings. The highest BCUT2D eigenvalue weighted by molar-refractivity contribution is 6.08. The number of hydrogen-bond donors (Lipinski definition) is 1. The van der Waals surface area contributed by atoms with Crippen LogP contribution in [0.3, 0.4) is 0 Å². The number of amides is 3. The predicted octanol–water partition coefficient (Wildman–Crippen LogP) is 2.01. The molecule has 1 spiro atoms. The fourth-order valence-electron chi connectivity index (χ4n) is 4.17. The lowest BCUT2D eigenvalue weighted by Crippen LogP contribution is -2.48. The molecule has 6 heteroatoms. The number of hydrogen-bond acceptors (Lipinski definition) is 4. The Balaban J connectivity index is 1.62. The third-order valence-electron chi connectivity index (χ3n) is 5.71. The average Bonchev–Trinajstić information content (AvgIpc) is 2.86. The molecule has 3 rings (SSSR count). The maximum Gasteiger partial charge on any atom is 0.240 e. The van der Waals surface area contributed by atoms with Crippen molar-refractivity contribution in [2.45, 2.75) is 57.9 Å². The summed E-state index contributed by atoms with van der Waals surface area (Å²) in [6.07, 6.45) is 5.01. The Hall–Kier alpha value is -2.50. The molecule has 144 valence electrons. The third-order valence-corrected chi connectivity index (χ3v) is 5.71. The number of imide groups is 1. The van der Waals surface area contributed by atoms with Crippen LogP contribution in [0, 0.1) is 5.41 Å². The molecule has 1 atom stereocenters. The van der Waals surface area contributed by atoms with Crippen LogP contribution in [0.5, 0.6) is 0 Å². The van der Waals surface area contributed by atoms with Gasteiger partial charge < -0.3 is 5.32 Å². The number of rotatable bonds is 6. The largest absolute Gasteiger partial charge is 0.344 e. The van der Waals surface area contributed by atoms with Crippen LogP contribution in [0.2, 0.25) is 0 Å². The summed E-state index contributed by atoms with van der Waals surface area (Å²) in [6.45, 7) is 1.12. The first-order valence-corrected chi connectivity index (χ1v) is 9.60. The average molecular weight is 370 g/mol. The molecule has 0 aromatic heterocycles. The molecule has 1 aliphatic heterocycles. The number of nitrogens with one attached hydrogen (secondary N) is 1. The summed E-state index contributed by atoms with van der Waals surface area (Å²) in [5.41, 5.74) is 0.340. The van der Waals surface area contributed by atoms with Gasteiger partial charge in [0.2, 0.25) is 17.7 Å². The molecule has 1 aliphatic carbocycles. The van der Waals surface area contributed by atoms with Crippen LogP contribution in [0.25, 0.3) is 0 Å². The zero-order valence-electron chi connectivity index (χ0n) is 15.7. The molecule has 2 aliphatic rings. The number of nitrogens with zero attached hydrogens (tertiary/aromatic N) is 1. The second-order valence-corrected chi connectivity index (χ2v) is 7.72. The molecule has 1 saturated heterocycles. The fraction of sp³-hybridized carbons (Fsp3) is 0.524. The lowest BCUT2D eigenvalue weighted by Gasteiger charge is -2.30. The monoisotopic (exact) mass is 370 g/mol. The molecular weight excluding hydrogens is 344 g/mol. The van der Waals surface area contributed by atoms with E-state index in [1.54, 1.807) is 0 Å². The Labute approximate surface area is 159 Å². The molecule has 27 heavy (non-hydrogen) atoms. The first-order valence-electron chi connectivity index (χ1n) is 9.60. The summed E-state index contributed by atoms with van der Waals surface area (Å²) in [6, 6.07) is 8.75. The lowest BCUT2D eigenvalue weighted by molar-refractivity contribution is -0.145. The van der Waals surface area contributed by atoms with E-state index >= 15 is 0 Å². The van der Waals surface area contributed by atoms with Gasteiger partial charge in [0.15, 0.2) is 5.78 Å². The van der Waals surface area contributed by atoms with Gasteiger partial charge in [-0.25, -0.2) is 0 Å². The molecule has 1 N–H and O–H groups in total.